The third kappa shape index (κ3) is 10.9. The molecule has 0 radical (unpaired) electrons. The van der Waals surface area contributed by atoms with Crippen molar-refractivity contribution < 1.29 is 34.2 Å². The average Bonchev–Trinajstić information content (AvgIpc) is 3.37. The Kier molecular flexibility index (Phi) is 13.4. The number of hydrogen-bond donors (Lipinski definition) is 9. The molecule has 1 heterocycles. The normalized spacial score (nSPS) is 14.5. The number of guanidine groups is 1. The van der Waals surface area contributed by atoms with Crippen molar-refractivity contribution in [1.82, 2.24) is 20.9 Å². The fraction of sp³-hybridized carbons (Fsp3) is 0.500. The highest BCUT2D eigenvalue weighted by atomic mass is 16.4. The number of benzene rings is 1. The molecule has 1 aromatic carbocycles. The van der Waals surface area contributed by atoms with Crippen molar-refractivity contribution >= 4 is 46.5 Å². The standard InChI is InChI=1S/C28H42N8O7/c1-3-15(2)23(29)26(41)35-20(10-11-22(37)38)25(40)34-19(9-6-12-32-28(30)31)24(39)36-21(27(42)43)13-16-14-33-18-8-5-4-7-17(16)18/h4-5,7-8,14-15,19-21,23,33H,3,6,9-13,29H2,1-2H3,(H,34,40)(H,35,41)(H,36,39)(H,37,38)(H,42,43)(H4,30,31,32). The molecule has 1 aromatic heterocycles. The molecule has 5 unspecified atom stereocenters. The number of hydrogen-bond acceptors (Lipinski definition) is 7. The van der Waals surface area contributed by atoms with Crippen LogP contribution in [0.2, 0.25) is 0 Å². The first-order valence-corrected chi connectivity index (χ1v) is 14.1. The lowest BCUT2D eigenvalue weighted by Gasteiger charge is -2.26. The van der Waals surface area contributed by atoms with E-state index in [9.17, 15) is 34.2 Å². The Labute approximate surface area is 249 Å². The number of aliphatic imine (C=N–C) groups is 1. The molecule has 0 fully saturated rings. The minimum atomic E-state index is -1.33. The van der Waals surface area contributed by atoms with Crippen LogP contribution >= 0.6 is 0 Å². The van der Waals surface area contributed by atoms with E-state index in [1.807, 2.05) is 31.2 Å². The number of aromatic amines is 1. The Morgan fingerprint density at radius 1 is 0.930 bits per heavy atom. The molecule has 43 heavy (non-hydrogen) atoms. The lowest BCUT2D eigenvalue weighted by molar-refractivity contribution is -0.142. The van der Waals surface area contributed by atoms with Crippen LogP contribution in [0.3, 0.4) is 0 Å². The van der Waals surface area contributed by atoms with Gasteiger partial charge >= 0.3 is 11.9 Å². The molecule has 15 heteroatoms. The van der Waals surface area contributed by atoms with Crippen LogP contribution in [-0.2, 0) is 30.4 Å². The minimum absolute atomic E-state index is 0.0136. The monoisotopic (exact) mass is 602 g/mol. The summed E-state index contributed by atoms with van der Waals surface area (Å²) in [5, 5.41) is 27.4. The Morgan fingerprint density at radius 3 is 2.14 bits per heavy atom. The number of nitrogens with two attached hydrogens (primary N) is 3. The summed E-state index contributed by atoms with van der Waals surface area (Å²) in [5.41, 5.74) is 18.2. The first-order valence-electron chi connectivity index (χ1n) is 14.1. The van der Waals surface area contributed by atoms with E-state index in [2.05, 4.69) is 25.9 Å². The summed E-state index contributed by atoms with van der Waals surface area (Å²) in [7, 11) is 0. The van der Waals surface area contributed by atoms with Gasteiger partial charge in [0, 0.05) is 36.5 Å². The van der Waals surface area contributed by atoms with Crippen LogP contribution in [-0.4, -0.2) is 81.5 Å². The fourth-order valence-electron chi connectivity index (χ4n) is 4.35. The Hall–Kier alpha value is -4.66. The van der Waals surface area contributed by atoms with Gasteiger partial charge in [0.05, 0.1) is 6.04 Å². The van der Waals surface area contributed by atoms with E-state index < -0.39 is 60.2 Å². The number of H-pyrrole nitrogens is 1. The maximum atomic E-state index is 13.4. The predicted octanol–water partition coefficient (Wildman–Crippen LogP) is -0.459. The molecule has 2 aromatic rings. The average molecular weight is 603 g/mol. The quantitative estimate of drug-likeness (QED) is 0.0602. The molecule has 0 aliphatic rings. The molecule has 3 amide bonds. The zero-order chi connectivity index (χ0) is 32.1. The van der Waals surface area contributed by atoms with Crippen molar-refractivity contribution in [3.8, 4) is 0 Å². The molecule has 0 aliphatic heterocycles. The summed E-state index contributed by atoms with van der Waals surface area (Å²) in [6.07, 6.45) is 1.78. The van der Waals surface area contributed by atoms with Gasteiger partial charge < -0.3 is 48.3 Å². The van der Waals surface area contributed by atoms with Gasteiger partial charge in [-0.15, -0.1) is 0 Å². The van der Waals surface area contributed by atoms with Crippen LogP contribution < -0.4 is 33.2 Å². The number of carbonyl (C=O) groups excluding carboxylic acids is 3. The number of amides is 3. The van der Waals surface area contributed by atoms with E-state index in [1.54, 1.807) is 13.1 Å². The van der Waals surface area contributed by atoms with Gasteiger partial charge in [0.2, 0.25) is 17.7 Å². The molecule has 0 saturated carbocycles. The maximum Gasteiger partial charge on any atom is 0.326 e. The summed E-state index contributed by atoms with van der Waals surface area (Å²) >= 11 is 0. The molecule has 0 bridgehead atoms. The van der Waals surface area contributed by atoms with Crippen molar-refractivity contribution in [2.24, 2.45) is 28.1 Å². The van der Waals surface area contributed by atoms with Gasteiger partial charge in [0.15, 0.2) is 5.96 Å². The van der Waals surface area contributed by atoms with E-state index in [0.717, 1.165) is 10.9 Å². The second-order valence-corrected chi connectivity index (χ2v) is 10.4. The number of fused-ring (bicyclic) bond motifs is 1. The topological polar surface area (TPSA) is 268 Å². The van der Waals surface area contributed by atoms with Crippen molar-refractivity contribution in [3.63, 3.8) is 0 Å². The van der Waals surface area contributed by atoms with Gasteiger partial charge in [-0.2, -0.15) is 0 Å². The number of carbonyl (C=O) groups is 5. The number of aliphatic carboxylic acids is 2. The maximum absolute atomic E-state index is 13.4. The largest absolute Gasteiger partial charge is 0.481 e. The van der Waals surface area contributed by atoms with Crippen LogP contribution in [0, 0.1) is 5.92 Å². The summed E-state index contributed by atoms with van der Waals surface area (Å²) < 4.78 is 0. The van der Waals surface area contributed by atoms with Crippen molar-refractivity contribution in [3.05, 3.63) is 36.0 Å². The second-order valence-electron chi connectivity index (χ2n) is 10.4. The minimum Gasteiger partial charge on any atom is -0.481 e. The van der Waals surface area contributed by atoms with Crippen molar-refractivity contribution in [2.75, 3.05) is 6.54 Å². The molecule has 5 atom stereocenters. The first kappa shape index (κ1) is 34.5. The summed E-state index contributed by atoms with van der Waals surface area (Å²) in [6.45, 7) is 3.74. The molecule has 0 spiro atoms. The number of para-hydroxylation sites is 1. The highest BCUT2D eigenvalue weighted by Crippen LogP contribution is 2.19. The zero-order valence-corrected chi connectivity index (χ0v) is 24.3. The van der Waals surface area contributed by atoms with E-state index in [4.69, 9.17) is 17.2 Å². The van der Waals surface area contributed by atoms with Gasteiger partial charge in [-0.1, -0.05) is 38.5 Å². The number of nitrogens with zero attached hydrogens (tertiary/aromatic N) is 1. The zero-order valence-electron chi connectivity index (χ0n) is 24.3. The summed E-state index contributed by atoms with van der Waals surface area (Å²) in [4.78, 5) is 69.7. The number of carboxylic acids is 2. The number of rotatable bonds is 18. The Morgan fingerprint density at radius 2 is 1.53 bits per heavy atom. The highest BCUT2D eigenvalue weighted by molar-refractivity contribution is 5.94. The van der Waals surface area contributed by atoms with Gasteiger partial charge in [-0.05, 0) is 36.8 Å². The lowest BCUT2D eigenvalue weighted by Crippen LogP contribution is -2.57. The third-order valence-corrected chi connectivity index (χ3v) is 7.13. The first-order chi connectivity index (χ1) is 20.3. The number of aromatic nitrogens is 1. The number of carboxylic acid groups (broad SMARTS) is 2. The lowest BCUT2D eigenvalue weighted by atomic mass is 9.98. The van der Waals surface area contributed by atoms with Crippen LogP contribution in [0.4, 0.5) is 0 Å². The molecular formula is C28H42N8O7. The number of nitrogens with one attached hydrogen (secondary N) is 4. The third-order valence-electron chi connectivity index (χ3n) is 7.13. The molecule has 236 valence electrons. The second kappa shape index (κ2) is 16.7. The smallest absolute Gasteiger partial charge is 0.326 e. The van der Waals surface area contributed by atoms with Crippen molar-refractivity contribution in [1.29, 1.82) is 0 Å². The molecule has 15 nitrogen and oxygen atoms in total. The van der Waals surface area contributed by atoms with E-state index in [1.165, 1.54) is 0 Å². The summed E-state index contributed by atoms with van der Waals surface area (Å²) in [6, 6.07) is 2.47. The Balaban J connectivity index is 2.25. The molecule has 0 saturated heterocycles. The van der Waals surface area contributed by atoms with Gasteiger partial charge in [-0.3, -0.25) is 24.2 Å². The van der Waals surface area contributed by atoms with Gasteiger partial charge in [0.25, 0.3) is 0 Å². The predicted molar refractivity (Wildman–Crippen MR) is 160 cm³/mol. The SMILES string of the molecule is CCC(C)C(N)C(=O)NC(CCC(=O)O)C(=O)NC(CCCN=C(N)N)C(=O)NC(Cc1c[nH]c2ccccc12)C(=O)O. The van der Waals surface area contributed by atoms with Gasteiger partial charge in [0.1, 0.15) is 18.1 Å². The van der Waals surface area contributed by atoms with Crippen LogP contribution in [0.25, 0.3) is 10.9 Å². The fourth-order valence-corrected chi connectivity index (χ4v) is 4.35. The van der Waals surface area contributed by atoms with E-state index in [-0.39, 0.29) is 44.1 Å². The van der Waals surface area contributed by atoms with E-state index in [0.29, 0.717) is 12.0 Å². The van der Waals surface area contributed by atoms with Crippen LogP contribution in [0.1, 0.15) is 51.5 Å². The molecule has 12 N–H and O–H groups in total. The van der Waals surface area contributed by atoms with Gasteiger partial charge in [-0.25, -0.2) is 4.79 Å². The summed E-state index contributed by atoms with van der Waals surface area (Å²) in [5.74, 6) is -5.09. The highest BCUT2D eigenvalue weighted by Gasteiger charge is 2.31. The van der Waals surface area contributed by atoms with Crippen molar-refractivity contribution in [2.45, 2.75) is 76.5 Å². The molecular weight excluding hydrogens is 560 g/mol. The molecule has 0 aliphatic carbocycles. The Bertz CT molecular complexity index is 1310. The molecule has 2 rings (SSSR count). The van der Waals surface area contributed by atoms with Crippen LogP contribution in [0.5, 0.6) is 0 Å². The van der Waals surface area contributed by atoms with Crippen LogP contribution in [0.15, 0.2) is 35.5 Å². The van der Waals surface area contributed by atoms with E-state index >= 15 is 0 Å².